The number of benzene rings is 2. The Kier molecular flexibility index (Phi) is 2.03. The molecule has 2 aromatic carbocycles. The fourth-order valence-electron chi connectivity index (χ4n) is 3.48. The smallest absolute Gasteiger partial charge is 0.278 e. The Bertz CT molecular complexity index is 923. The van der Waals surface area contributed by atoms with E-state index in [0.717, 1.165) is 16.5 Å². The molecule has 1 saturated heterocycles. The van der Waals surface area contributed by atoms with Crippen molar-refractivity contribution in [3.05, 3.63) is 53.9 Å². The lowest BCUT2D eigenvalue weighted by Gasteiger charge is -2.19. The number of urea groups is 1. The topological polar surface area (TPSA) is 53.0 Å². The molecule has 2 aromatic rings. The molecule has 0 aromatic heterocycles. The Morgan fingerprint density at radius 2 is 1.86 bits per heavy atom. The van der Waals surface area contributed by atoms with E-state index >= 15 is 0 Å². The third-order valence-corrected chi connectivity index (χ3v) is 4.46. The maximum Gasteiger partial charge on any atom is 0.337 e. The van der Waals surface area contributed by atoms with Crippen LogP contribution in [-0.4, -0.2) is 29.1 Å². The van der Waals surface area contributed by atoms with Gasteiger partial charge in [-0.2, -0.15) is 0 Å². The lowest BCUT2D eigenvalue weighted by atomic mass is 10.1. The zero-order valence-electron chi connectivity index (χ0n) is 11.6. The van der Waals surface area contributed by atoms with Gasteiger partial charge in [0.1, 0.15) is 5.70 Å². The fraction of sp³-hybridized carbons (Fsp3) is 0.118. The zero-order valence-corrected chi connectivity index (χ0v) is 11.6. The van der Waals surface area contributed by atoms with Gasteiger partial charge in [-0.25, -0.2) is 9.69 Å². The van der Waals surface area contributed by atoms with Gasteiger partial charge >= 0.3 is 6.03 Å². The number of carbonyl (C=O) groups excluding carboxylic acids is 2. The molecule has 1 fully saturated rings. The number of imide groups is 1. The van der Waals surface area contributed by atoms with Crippen molar-refractivity contribution >= 4 is 34.6 Å². The lowest BCUT2D eigenvalue weighted by molar-refractivity contribution is -0.114. The summed E-state index contributed by atoms with van der Waals surface area (Å²) in [7, 11) is 0. The first-order chi connectivity index (χ1) is 10.8. The third kappa shape index (κ3) is 1.26. The summed E-state index contributed by atoms with van der Waals surface area (Å²) < 4.78 is 0. The minimum absolute atomic E-state index is 0.0959. The van der Waals surface area contributed by atoms with E-state index in [9.17, 15) is 9.59 Å². The summed E-state index contributed by atoms with van der Waals surface area (Å²) in [4.78, 5) is 32.6. The molecule has 3 amide bonds. The van der Waals surface area contributed by atoms with Crippen LogP contribution < -0.4 is 4.90 Å². The van der Waals surface area contributed by atoms with Gasteiger partial charge in [0.25, 0.3) is 5.91 Å². The Labute approximate surface area is 126 Å². The van der Waals surface area contributed by atoms with Gasteiger partial charge in [-0.15, -0.1) is 0 Å². The van der Waals surface area contributed by atoms with Crippen LogP contribution in [0.1, 0.15) is 6.42 Å². The van der Waals surface area contributed by atoms with E-state index < -0.39 is 0 Å². The fourth-order valence-corrected chi connectivity index (χ4v) is 3.48. The SMILES string of the molecule is O=C1C2=C3CC(C=N3)N2C(=O)N1c1cccc2ccccc12. The standard InChI is InChI=1S/C17H11N3O2/c21-16-15-13-8-11(9-18-13)19(15)17(22)20(16)14-7-3-5-10-4-1-2-6-12(10)14/h1-7,9,11H,8H2. The molecule has 1 unspecified atom stereocenters. The zero-order chi connectivity index (χ0) is 14.8. The second kappa shape index (κ2) is 3.82. The lowest BCUT2D eigenvalue weighted by Crippen LogP contribution is -2.37. The number of hydrogen-bond donors (Lipinski definition) is 0. The van der Waals surface area contributed by atoms with Crippen molar-refractivity contribution < 1.29 is 9.59 Å². The summed E-state index contributed by atoms with van der Waals surface area (Å²) in [6, 6.07) is 13.0. The minimum Gasteiger partial charge on any atom is -0.278 e. The molecule has 1 atom stereocenters. The largest absolute Gasteiger partial charge is 0.337 e. The normalized spacial score (nSPS) is 22.5. The van der Waals surface area contributed by atoms with Crippen LogP contribution in [0, 0.1) is 0 Å². The number of nitrogens with zero attached hydrogens (tertiary/aromatic N) is 3. The van der Waals surface area contributed by atoms with Crippen LogP contribution in [0.4, 0.5) is 10.5 Å². The van der Waals surface area contributed by atoms with Crippen molar-refractivity contribution in [2.45, 2.75) is 12.5 Å². The average molecular weight is 289 g/mol. The number of fused-ring (bicyclic) bond motifs is 5. The van der Waals surface area contributed by atoms with Crippen LogP contribution in [0.25, 0.3) is 10.8 Å². The average Bonchev–Trinajstić information content (AvgIpc) is 3.21. The quantitative estimate of drug-likeness (QED) is 0.758. The maximum atomic E-state index is 12.8. The molecule has 0 N–H and O–H groups in total. The molecule has 0 saturated carbocycles. The molecule has 3 aliphatic rings. The van der Waals surface area contributed by atoms with Gasteiger partial charge in [-0.3, -0.25) is 14.7 Å². The second-order valence-electron chi connectivity index (χ2n) is 5.64. The first-order valence-electron chi connectivity index (χ1n) is 7.18. The van der Waals surface area contributed by atoms with E-state index in [1.165, 1.54) is 4.90 Å². The van der Waals surface area contributed by atoms with E-state index in [0.29, 0.717) is 17.8 Å². The van der Waals surface area contributed by atoms with E-state index in [1.54, 1.807) is 11.1 Å². The van der Waals surface area contributed by atoms with Crippen molar-refractivity contribution in [3.63, 3.8) is 0 Å². The first kappa shape index (κ1) is 11.7. The van der Waals surface area contributed by atoms with Gasteiger partial charge in [0.2, 0.25) is 0 Å². The molecule has 0 radical (unpaired) electrons. The predicted molar refractivity (Wildman–Crippen MR) is 82.6 cm³/mol. The van der Waals surface area contributed by atoms with E-state index in [4.69, 9.17) is 0 Å². The summed E-state index contributed by atoms with van der Waals surface area (Å²) in [6.07, 6.45) is 2.41. The van der Waals surface area contributed by atoms with Crippen molar-refractivity contribution in [2.75, 3.05) is 4.90 Å². The Hall–Kier alpha value is -2.95. The summed E-state index contributed by atoms with van der Waals surface area (Å²) in [6.45, 7) is 0. The van der Waals surface area contributed by atoms with Gasteiger partial charge in [0.05, 0.1) is 17.4 Å². The third-order valence-electron chi connectivity index (χ3n) is 4.46. The van der Waals surface area contributed by atoms with Gasteiger partial charge in [-0.05, 0) is 11.5 Å². The highest BCUT2D eigenvalue weighted by Crippen LogP contribution is 2.42. The molecule has 3 aliphatic heterocycles. The van der Waals surface area contributed by atoms with Crippen LogP contribution in [0.2, 0.25) is 0 Å². The molecule has 0 aliphatic carbocycles. The molecular formula is C17H11N3O2. The van der Waals surface area contributed by atoms with Gasteiger partial charge in [0.15, 0.2) is 0 Å². The minimum atomic E-state index is -0.275. The highest BCUT2D eigenvalue weighted by molar-refractivity contribution is 6.30. The van der Waals surface area contributed by atoms with Gasteiger partial charge in [0, 0.05) is 18.0 Å². The number of anilines is 1. The number of aliphatic imine (C=N–C) groups is 1. The second-order valence-corrected chi connectivity index (χ2v) is 5.64. The molecule has 2 bridgehead atoms. The van der Waals surface area contributed by atoms with Crippen molar-refractivity contribution in [3.8, 4) is 0 Å². The number of rotatable bonds is 1. The van der Waals surface area contributed by atoms with Crippen LogP contribution in [0.15, 0.2) is 58.9 Å². The van der Waals surface area contributed by atoms with E-state index in [2.05, 4.69) is 4.99 Å². The predicted octanol–water partition coefficient (Wildman–Crippen LogP) is 2.68. The first-order valence-corrected chi connectivity index (χ1v) is 7.18. The van der Waals surface area contributed by atoms with Crippen LogP contribution in [0.5, 0.6) is 0 Å². The summed E-state index contributed by atoms with van der Waals surface area (Å²) in [5.74, 6) is -0.268. The van der Waals surface area contributed by atoms with E-state index in [1.807, 2.05) is 42.5 Å². The molecule has 0 spiro atoms. The Balaban J connectivity index is 1.72. The molecule has 3 heterocycles. The number of amides is 3. The van der Waals surface area contributed by atoms with Crippen molar-refractivity contribution in [1.29, 1.82) is 0 Å². The van der Waals surface area contributed by atoms with Gasteiger partial charge < -0.3 is 0 Å². The van der Waals surface area contributed by atoms with Crippen LogP contribution in [-0.2, 0) is 4.79 Å². The summed E-state index contributed by atoms with van der Waals surface area (Å²) in [5.41, 5.74) is 1.81. The molecular weight excluding hydrogens is 278 g/mol. The van der Waals surface area contributed by atoms with Crippen LogP contribution >= 0.6 is 0 Å². The molecule has 22 heavy (non-hydrogen) atoms. The Morgan fingerprint density at radius 3 is 2.73 bits per heavy atom. The molecule has 5 nitrogen and oxygen atoms in total. The number of carbonyl (C=O) groups is 2. The van der Waals surface area contributed by atoms with Gasteiger partial charge in [-0.1, -0.05) is 36.4 Å². The highest BCUT2D eigenvalue weighted by Gasteiger charge is 2.52. The number of hydrogen-bond acceptors (Lipinski definition) is 3. The Morgan fingerprint density at radius 1 is 1.05 bits per heavy atom. The van der Waals surface area contributed by atoms with Crippen molar-refractivity contribution in [2.24, 2.45) is 4.99 Å². The molecule has 5 heteroatoms. The monoisotopic (exact) mass is 289 g/mol. The highest BCUT2D eigenvalue weighted by atomic mass is 16.2. The molecule has 5 rings (SSSR count). The summed E-state index contributed by atoms with van der Waals surface area (Å²) >= 11 is 0. The van der Waals surface area contributed by atoms with E-state index in [-0.39, 0.29) is 18.0 Å². The summed E-state index contributed by atoms with van der Waals surface area (Å²) in [5, 5.41) is 1.90. The molecule has 106 valence electrons. The van der Waals surface area contributed by atoms with Crippen LogP contribution in [0.3, 0.4) is 0 Å². The maximum absolute atomic E-state index is 12.8. The van der Waals surface area contributed by atoms with Crippen molar-refractivity contribution in [1.82, 2.24) is 4.90 Å².